The van der Waals surface area contributed by atoms with Crippen LogP contribution in [-0.4, -0.2) is 72.0 Å². The van der Waals surface area contributed by atoms with Gasteiger partial charge >= 0.3 is 11.9 Å². The molecule has 0 saturated heterocycles. The monoisotopic (exact) mass is 648 g/mol. The smallest absolute Gasteiger partial charge is 0.312 e. The number of carbonyl (C=O) groups excluding carboxylic acids is 3. The van der Waals surface area contributed by atoms with Crippen LogP contribution in [0.1, 0.15) is 96.1 Å². The molecule has 1 aliphatic carbocycles. The molecule has 8 nitrogen and oxygen atoms in total. The first-order valence-corrected chi connectivity index (χ1v) is 17.9. The highest BCUT2D eigenvalue weighted by atomic mass is 32.2. The molecule has 1 aromatic carbocycles. The first-order chi connectivity index (χ1) is 21.7. The Hall–Kier alpha value is -2.20. The van der Waals surface area contributed by atoms with Gasteiger partial charge in [-0.15, -0.1) is 0 Å². The normalized spacial score (nSPS) is 19.2. The van der Waals surface area contributed by atoms with Crippen molar-refractivity contribution in [1.29, 1.82) is 0 Å². The molecule has 45 heavy (non-hydrogen) atoms. The van der Waals surface area contributed by atoms with Crippen molar-refractivity contribution in [2.75, 3.05) is 31.8 Å². The van der Waals surface area contributed by atoms with Crippen molar-refractivity contribution in [3.05, 3.63) is 47.5 Å². The number of ether oxygens (including phenoxy) is 3. The average molecular weight is 649 g/mol. The van der Waals surface area contributed by atoms with E-state index in [1.807, 2.05) is 24.3 Å². The molecule has 1 saturated carbocycles. The topological polar surface area (TPSA) is 119 Å². The Balaban J connectivity index is 1.67. The number of thioether (sulfide) groups is 1. The highest BCUT2D eigenvalue weighted by molar-refractivity contribution is 7.99. The predicted octanol–water partition coefficient (Wildman–Crippen LogP) is 6.24. The van der Waals surface area contributed by atoms with E-state index in [2.05, 4.69) is 20.8 Å². The molecule has 0 unspecified atom stereocenters. The van der Waals surface area contributed by atoms with Gasteiger partial charge in [-0.1, -0.05) is 76.5 Å². The molecule has 0 bridgehead atoms. The fourth-order valence-corrected chi connectivity index (χ4v) is 7.41. The first kappa shape index (κ1) is 39.0. The van der Waals surface area contributed by atoms with Crippen molar-refractivity contribution in [1.82, 2.24) is 0 Å². The molecule has 0 aliphatic heterocycles. The summed E-state index contributed by atoms with van der Waals surface area (Å²) in [5.41, 5.74) is 1.60. The van der Waals surface area contributed by atoms with E-state index in [1.165, 1.54) is 0 Å². The van der Waals surface area contributed by atoms with Crippen molar-refractivity contribution in [3.8, 4) is 0 Å². The Labute approximate surface area is 274 Å². The number of hydrogen-bond acceptors (Lipinski definition) is 9. The van der Waals surface area contributed by atoms with Gasteiger partial charge in [0.1, 0.15) is 19.0 Å². The zero-order valence-corrected chi connectivity index (χ0v) is 28.7. The number of benzene rings is 1. The molecule has 4 atom stereocenters. The van der Waals surface area contributed by atoms with Gasteiger partial charge in [0.25, 0.3) is 0 Å². The largest absolute Gasteiger partial charge is 0.462 e. The van der Waals surface area contributed by atoms with Crippen LogP contribution in [0, 0.1) is 17.3 Å². The van der Waals surface area contributed by atoms with Crippen LogP contribution < -0.4 is 0 Å². The van der Waals surface area contributed by atoms with Gasteiger partial charge in [-0.05, 0) is 54.7 Å². The van der Waals surface area contributed by atoms with Crippen LogP contribution in [-0.2, 0) is 41.6 Å². The maximum absolute atomic E-state index is 12.8. The van der Waals surface area contributed by atoms with Crippen LogP contribution in [0.4, 0.5) is 0 Å². The predicted molar refractivity (Wildman–Crippen MR) is 179 cm³/mol. The SMILES string of the molecule is CCCC(CCC)(CCC)C(=O)OCCOC(=O)CCCSCC[C@H]1C(=O)C[C@@H](O)[C@H]1/C=C/[C@@H](O)Cc1cccc(COC)c1. The van der Waals surface area contributed by atoms with Gasteiger partial charge in [-0.2, -0.15) is 11.8 Å². The minimum Gasteiger partial charge on any atom is -0.462 e. The van der Waals surface area contributed by atoms with E-state index in [0.717, 1.165) is 61.2 Å². The van der Waals surface area contributed by atoms with Crippen LogP contribution in [0.15, 0.2) is 36.4 Å². The minimum absolute atomic E-state index is 0.0557. The maximum atomic E-state index is 12.8. The van der Waals surface area contributed by atoms with E-state index in [9.17, 15) is 24.6 Å². The molecular formula is C36H56O8S. The lowest BCUT2D eigenvalue weighted by Crippen LogP contribution is -2.34. The van der Waals surface area contributed by atoms with Crippen LogP contribution in [0.5, 0.6) is 0 Å². The van der Waals surface area contributed by atoms with Gasteiger partial charge in [-0.3, -0.25) is 14.4 Å². The van der Waals surface area contributed by atoms with Crippen molar-refractivity contribution in [3.63, 3.8) is 0 Å². The van der Waals surface area contributed by atoms with Crippen LogP contribution in [0.3, 0.4) is 0 Å². The number of carbonyl (C=O) groups is 3. The lowest BCUT2D eigenvalue weighted by molar-refractivity contribution is -0.162. The van der Waals surface area contributed by atoms with E-state index in [-0.39, 0.29) is 55.6 Å². The molecular weight excluding hydrogens is 592 g/mol. The Kier molecular flexibility index (Phi) is 18.7. The van der Waals surface area contributed by atoms with Crippen molar-refractivity contribution in [2.45, 2.75) is 110 Å². The quantitative estimate of drug-likeness (QED) is 0.0808. The van der Waals surface area contributed by atoms with Gasteiger partial charge in [0.15, 0.2) is 0 Å². The van der Waals surface area contributed by atoms with Gasteiger partial charge in [0, 0.05) is 38.2 Å². The summed E-state index contributed by atoms with van der Waals surface area (Å²) in [5.74, 6) is 0.473. The number of aliphatic hydroxyl groups excluding tert-OH is 2. The third-order valence-corrected chi connectivity index (χ3v) is 9.58. The van der Waals surface area contributed by atoms with E-state index in [0.29, 0.717) is 25.9 Å². The lowest BCUT2D eigenvalue weighted by atomic mass is 9.75. The second-order valence-electron chi connectivity index (χ2n) is 12.2. The summed E-state index contributed by atoms with van der Waals surface area (Å²) >= 11 is 1.67. The minimum atomic E-state index is -0.739. The molecule has 9 heteroatoms. The Bertz CT molecular complexity index is 1040. The molecule has 2 rings (SSSR count). The fraction of sp³-hybridized carbons (Fsp3) is 0.694. The van der Waals surface area contributed by atoms with Gasteiger partial charge in [-0.25, -0.2) is 0 Å². The molecule has 0 aromatic heterocycles. The number of esters is 2. The summed E-state index contributed by atoms with van der Waals surface area (Å²) in [6, 6.07) is 7.88. The van der Waals surface area contributed by atoms with E-state index < -0.39 is 17.6 Å². The van der Waals surface area contributed by atoms with Crippen molar-refractivity contribution >= 4 is 29.5 Å². The summed E-state index contributed by atoms with van der Waals surface area (Å²) in [5, 5.41) is 21.1. The number of methoxy groups -OCH3 is 1. The van der Waals surface area contributed by atoms with E-state index >= 15 is 0 Å². The van der Waals surface area contributed by atoms with Crippen LogP contribution in [0.25, 0.3) is 0 Å². The summed E-state index contributed by atoms with van der Waals surface area (Å²) in [6.45, 7) is 6.90. The molecule has 1 fully saturated rings. The third-order valence-electron chi connectivity index (χ3n) is 8.48. The van der Waals surface area contributed by atoms with Crippen molar-refractivity contribution < 1.29 is 38.8 Å². The Morgan fingerprint density at radius 1 is 1.04 bits per heavy atom. The summed E-state index contributed by atoms with van der Waals surface area (Å²) in [6.07, 6.45) is 9.40. The van der Waals surface area contributed by atoms with Gasteiger partial charge in [0.05, 0.1) is 24.2 Å². The number of ketones is 1. The Morgan fingerprint density at radius 3 is 2.38 bits per heavy atom. The first-order valence-electron chi connectivity index (χ1n) is 16.7. The molecule has 0 radical (unpaired) electrons. The standard InChI is InChI=1S/C36H56O8S/c1-5-16-36(17-6-2,18-7-3)35(41)44-20-19-43-34(40)12-9-21-45-22-15-31-30(32(38)25-33(31)39)14-13-29(37)24-27-10-8-11-28(23-27)26-42-4/h8,10-11,13-14,23,29-32,37-38H,5-7,9,12,15-22,24-26H2,1-4H3/b14-13+/t29-,30+,31-,32-/m1/s1. The van der Waals surface area contributed by atoms with Gasteiger partial charge in [0.2, 0.25) is 0 Å². The van der Waals surface area contributed by atoms with E-state index in [1.54, 1.807) is 31.0 Å². The molecule has 0 amide bonds. The van der Waals surface area contributed by atoms with Gasteiger partial charge < -0.3 is 24.4 Å². The fourth-order valence-electron chi connectivity index (χ4n) is 6.43. The second kappa shape index (κ2) is 21.6. The molecule has 254 valence electrons. The maximum Gasteiger partial charge on any atom is 0.312 e. The van der Waals surface area contributed by atoms with Crippen molar-refractivity contribution in [2.24, 2.45) is 17.3 Å². The number of rotatable bonds is 23. The zero-order chi connectivity index (χ0) is 33.1. The van der Waals surface area contributed by atoms with Crippen LogP contribution >= 0.6 is 11.8 Å². The molecule has 2 N–H and O–H groups in total. The molecule has 1 aliphatic rings. The summed E-state index contributed by atoms with van der Waals surface area (Å²) < 4.78 is 16.0. The summed E-state index contributed by atoms with van der Waals surface area (Å²) in [4.78, 5) is 37.6. The van der Waals surface area contributed by atoms with E-state index in [4.69, 9.17) is 14.2 Å². The number of Topliss-reactive ketones (excluding diaryl/α,β-unsaturated/α-hetero) is 1. The second-order valence-corrected chi connectivity index (χ2v) is 13.4. The number of aliphatic hydroxyl groups is 2. The summed E-state index contributed by atoms with van der Waals surface area (Å²) in [7, 11) is 1.65. The molecule has 0 spiro atoms. The Morgan fingerprint density at radius 2 is 1.71 bits per heavy atom. The van der Waals surface area contributed by atoms with Crippen LogP contribution in [0.2, 0.25) is 0 Å². The highest BCUT2D eigenvalue weighted by Crippen LogP contribution is 2.37. The molecule has 1 aromatic rings. The molecule has 0 heterocycles. The highest BCUT2D eigenvalue weighted by Gasteiger charge is 2.39. The zero-order valence-electron chi connectivity index (χ0n) is 27.8. The third kappa shape index (κ3) is 13.6. The number of hydrogen-bond donors (Lipinski definition) is 2. The average Bonchev–Trinajstić information content (AvgIpc) is 3.27. The lowest BCUT2D eigenvalue weighted by Gasteiger charge is -2.30.